The third-order valence-corrected chi connectivity index (χ3v) is 4.38. The maximum absolute atomic E-state index is 8.80. The summed E-state index contributed by atoms with van der Waals surface area (Å²) in [5.41, 5.74) is 5.01. The molecule has 1 atom stereocenters. The van der Waals surface area contributed by atoms with E-state index in [9.17, 15) is 0 Å². The summed E-state index contributed by atoms with van der Waals surface area (Å²) < 4.78 is 0. The van der Waals surface area contributed by atoms with E-state index in [2.05, 4.69) is 63.7 Å². The summed E-state index contributed by atoms with van der Waals surface area (Å²) >= 11 is 0. The van der Waals surface area contributed by atoms with Gasteiger partial charge in [-0.1, -0.05) is 12.1 Å². The van der Waals surface area contributed by atoms with Crippen LogP contribution >= 0.6 is 0 Å². The van der Waals surface area contributed by atoms with Crippen LogP contribution in [0.15, 0.2) is 17.3 Å². The second-order valence-corrected chi connectivity index (χ2v) is 6.89. The average molecular weight is 274 g/mol. The number of benzene rings is 1. The molecule has 0 aliphatic carbocycles. The van der Waals surface area contributed by atoms with E-state index >= 15 is 0 Å². The number of hydrogen-bond acceptors (Lipinski definition) is 3. The highest BCUT2D eigenvalue weighted by molar-refractivity contribution is 5.83. The number of hydrogen-bond donors (Lipinski definition) is 1. The molecule has 0 amide bonds. The van der Waals surface area contributed by atoms with Gasteiger partial charge in [0.25, 0.3) is 0 Å². The van der Waals surface area contributed by atoms with Crippen LogP contribution in [0.1, 0.15) is 63.6 Å². The molecule has 3 heteroatoms. The molecule has 1 heterocycles. The number of nitrogens with zero attached hydrogens (tertiary/aromatic N) is 2. The number of anilines is 1. The zero-order valence-corrected chi connectivity index (χ0v) is 13.4. The molecule has 1 aliphatic heterocycles. The molecule has 0 saturated heterocycles. The van der Waals surface area contributed by atoms with E-state index in [1.807, 2.05) is 0 Å². The number of rotatable bonds is 2. The Morgan fingerprint density at radius 1 is 1.40 bits per heavy atom. The van der Waals surface area contributed by atoms with Crippen molar-refractivity contribution in [3.8, 4) is 0 Å². The average Bonchev–Trinajstić information content (AvgIpc) is 2.29. The largest absolute Gasteiger partial charge is 0.411 e. The number of fused-ring (bicyclic) bond motifs is 1. The summed E-state index contributed by atoms with van der Waals surface area (Å²) in [7, 11) is 0. The Labute approximate surface area is 122 Å². The van der Waals surface area contributed by atoms with Gasteiger partial charge in [0.15, 0.2) is 0 Å². The molecule has 2 rings (SSSR count). The maximum atomic E-state index is 8.80. The molecule has 0 bridgehead atoms. The van der Waals surface area contributed by atoms with Crippen LogP contribution < -0.4 is 4.90 Å². The minimum absolute atomic E-state index is 0.166. The Morgan fingerprint density at radius 2 is 2.05 bits per heavy atom. The molecule has 0 fully saturated rings. The van der Waals surface area contributed by atoms with Crippen LogP contribution in [0, 0.1) is 6.92 Å². The SMILES string of the molecule is Cc1cc2c(cc1/C=N/O)C(C)CC(C)(C)N2C(C)C. The fraction of sp³-hybridized carbons (Fsp3) is 0.588. The summed E-state index contributed by atoms with van der Waals surface area (Å²) in [6.07, 6.45) is 2.67. The molecular formula is C17H26N2O. The molecule has 0 radical (unpaired) electrons. The van der Waals surface area contributed by atoms with Crippen molar-refractivity contribution in [3.05, 3.63) is 28.8 Å². The highest BCUT2D eigenvalue weighted by Gasteiger charge is 2.37. The highest BCUT2D eigenvalue weighted by atomic mass is 16.4. The van der Waals surface area contributed by atoms with E-state index in [0.717, 1.165) is 17.5 Å². The lowest BCUT2D eigenvalue weighted by Gasteiger charge is -2.50. The third kappa shape index (κ3) is 2.41. The summed E-state index contributed by atoms with van der Waals surface area (Å²) in [5.74, 6) is 0.515. The van der Waals surface area contributed by atoms with E-state index in [1.165, 1.54) is 17.5 Å². The molecule has 0 aromatic heterocycles. The topological polar surface area (TPSA) is 35.8 Å². The Morgan fingerprint density at radius 3 is 2.60 bits per heavy atom. The first-order valence-corrected chi connectivity index (χ1v) is 7.39. The fourth-order valence-electron chi connectivity index (χ4n) is 3.79. The molecule has 20 heavy (non-hydrogen) atoms. The zero-order chi connectivity index (χ0) is 15.1. The van der Waals surface area contributed by atoms with E-state index in [1.54, 1.807) is 0 Å². The minimum Gasteiger partial charge on any atom is -0.411 e. The summed E-state index contributed by atoms with van der Waals surface area (Å²) in [6.45, 7) is 13.5. The number of aryl methyl sites for hydroxylation is 1. The van der Waals surface area contributed by atoms with E-state index in [4.69, 9.17) is 5.21 Å². The highest BCUT2D eigenvalue weighted by Crippen LogP contribution is 2.45. The van der Waals surface area contributed by atoms with E-state index < -0.39 is 0 Å². The molecule has 1 N–H and O–H groups in total. The lowest BCUT2D eigenvalue weighted by Crippen LogP contribution is -2.51. The predicted molar refractivity (Wildman–Crippen MR) is 85.3 cm³/mol. The van der Waals surface area contributed by atoms with Crippen molar-refractivity contribution in [2.75, 3.05) is 4.90 Å². The van der Waals surface area contributed by atoms with Crippen LogP contribution in [0.2, 0.25) is 0 Å². The molecule has 0 saturated carbocycles. The van der Waals surface area contributed by atoms with Crippen LogP contribution in [0.4, 0.5) is 5.69 Å². The predicted octanol–water partition coefficient (Wildman–Crippen LogP) is 4.30. The molecule has 1 aliphatic rings. The van der Waals surface area contributed by atoms with Gasteiger partial charge in [0.1, 0.15) is 0 Å². The van der Waals surface area contributed by atoms with Gasteiger partial charge in [-0.2, -0.15) is 0 Å². The Bertz CT molecular complexity index is 532. The monoisotopic (exact) mass is 274 g/mol. The van der Waals surface area contributed by atoms with Crippen molar-refractivity contribution in [1.29, 1.82) is 0 Å². The van der Waals surface area contributed by atoms with Crippen molar-refractivity contribution >= 4 is 11.9 Å². The zero-order valence-electron chi connectivity index (χ0n) is 13.4. The van der Waals surface area contributed by atoms with Gasteiger partial charge in [-0.3, -0.25) is 0 Å². The van der Waals surface area contributed by atoms with Crippen LogP contribution in [0.25, 0.3) is 0 Å². The maximum Gasteiger partial charge on any atom is 0.0736 e. The van der Waals surface area contributed by atoms with Crippen molar-refractivity contribution < 1.29 is 5.21 Å². The smallest absolute Gasteiger partial charge is 0.0736 e. The second kappa shape index (κ2) is 5.12. The van der Waals surface area contributed by atoms with Gasteiger partial charge >= 0.3 is 0 Å². The third-order valence-electron chi connectivity index (χ3n) is 4.38. The molecule has 3 nitrogen and oxygen atoms in total. The van der Waals surface area contributed by atoms with Gasteiger partial charge in [-0.05, 0) is 75.8 Å². The van der Waals surface area contributed by atoms with Crippen LogP contribution in [-0.2, 0) is 0 Å². The van der Waals surface area contributed by atoms with Crippen LogP contribution in [0.5, 0.6) is 0 Å². The van der Waals surface area contributed by atoms with Gasteiger partial charge in [0, 0.05) is 17.3 Å². The van der Waals surface area contributed by atoms with Gasteiger partial charge in [-0.15, -0.1) is 0 Å². The standard InChI is InChI=1S/C17H26N2O/c1-11(2)19-16-7-12(3)14(10-18-20)8-15(16)13(4)9-17(19,5)6/h7-8,10-11,13,20H,9H2,1-6H3/b18-10+. The van der Waals surface area contributed by atoms with Gasteiger partial charge < -0.3 is 10.1 Å². The summed E-state index contributed by atoms with van der Waals surface area (Å²) in [4.78, 5) is 2.52. The molecule has 1 aromatic carbocycles. The van der Waals surface area contributed by atoms with Crippen LogP contribution in [0.3, 0.4) is 0 Å². The van der Waals surface area contributed by atoms with E-state index in [0.29, 0.717) is 12.0 Å². The van der Waals surface area contributed by atoms with Crippen LogP contribution in [-0.4, -0.2) is 23.0 Å². The van der Waals surface area contributed by atoms with E-state index in [-0.39, 0.29) is 5.54 Å². The fourth-order valence-corrected chi connectivity index (χ4v) is 3.79. The number of oxime groups is 1. The Kier molecular flexibility index (Phi) is 3.81. The lowest BCUT2D eigenvalue weighted by atomic mass is 9.78. The van der Waals surface area contributed by atoms with Gasteiger partial charge in [0.2, 0.25) is 0 Å². The second-order valence-electron chi connectivity index (χ2n) is 6.89. The first-order chi connectivity index (χ1) is 9.27. The van der Waals surface area contributed by atoms with Crippen molar-refractivity contribution in [2.24, 2.45) is 5.16 Å². The normalized spacial score (nSPS) is 21.6. The summed E-state index contributed by atoms with van der Waals surface area (Å²) in [5, 5.41) is 12.0. The molecule has 0 spiro atoms. The van der Waals surface area contributed by atoms with Gasteiger partial charge in [0.05, 0.1) is 6.21 Å². The van der Waals surface area contributed by atoms with Crippen molar-refractivity contribution in [1.82, 2.24) is 0 Å². The van der Waals surface area contributed by atoms with Gasteiger partial charge in [-0.25, -0.2) is 0 Å². The Hall–Kier alpha value is -1.51. The quantitative estimate of drug-likeness (QED) is 0.496. The first-order valence-electron chi connectivity index (χ1n) is 7.39. The summed E-state index contributed by atoms with van der Waals surface area (Å²) in [6, 6.07) is 4.89. The van der Waals surface area contributed by atoms with Crippen molar-refractivity contribution in [2.45, 2.75) is 65.5 Å². The Balaban J connectivity index is 2.63. The molecule has 1 aromatic rings. The lowest BCUT2D eigenvalue weighted by molar-refractivity contribution is 0.321. The molecule has 110 valence electrons. The molecular weight excluding hydrogens is 248 g/mol. The van der Waals surface area contributed by atoms with Crippen molar-refractivity contribution in [3.63, 3.8) is 0 Å². The minimum atomic E-state index is 0.166. The molecule has 1 unspecified atom stereocenters. The first kappa shape index (κ1) is 14.9.